The van der Waals surface area contributed by atoms with Gasteiger partial charge >= 0.3 is 0 Å². The molecule has 0 radical (unpaired) electrons. The molecule has 0 fully saturated rings. The van der Waals surface area contributed by atoms with Crippen molar-refractivity contribution in [2.24, 2.45) is 0 Å². The number of nitrogens with zero attached hydrogens (tertiary/aromatic N) is 2. The topological polar surface area (TPSA) is 37.8 Å². The summed E-state index contributed by atoms with van der Waals surface area (Å²) in [6.07, 6.45) is 0. The van der Waals surface area contributed by atoms with Gasteiger partial charge in [-0.3, -0.25) is 0 Å². The van der Waals surface area contributed by atoms with E-state index in [1.54, 1.807) is 11.3 Å². The van der Waals surface area contributed by atoms with Crippen molar-refractivity contribution in [1.29, 1.82) is 0 Å². The quantitative estimate of drug-likeness (QED) is 0.771. The van der Waals surface area contributed by atoms with Crippen molar-refractivity contribution in [2.45, 2.75) is 6.54 Å². The first-order valence-electron chi connectivity index (χ1n) is 4.89. The van der Waals surface area contributed by atoms with Crippen molar-refractivity contribution in [2.75, 3.05) is 5.32 Å². The average Bonchev–Trinajstić information content (AvgIpc) is 2.96. The van der Waals surface area contributed by atoms with Crippen LogP contribution < -0.4 is 5.32 Å². The maximum Gasteiger partial charge on any atom is 0.117 e. The molecule has 2 heterocycles. The molecule has 3 aromatic rings. The van der Waals surface area contributed by atoms with Gasteiger partial charge in [-0.15, -0.1) is 11.3 Å². The highest BCUT2D eigenvalue weighted by Gasteiger charge is 2.04. The van der Waals surface area contributed by atoms with E-state index < -0.39 is 0 Å². The summed E-state index contributed by atoms with van der Waals surface area (Å²) < 4.78 is 4.38. The Bertz CT molecular complexity index is 586. The minimum Gasteiger partial charge on any atom is -0.369 e. The van der Waals surface area contributed by atoms with Gasteiger partial charge in [0, 0.05) is 10.8 Å². The van der Waals surface area contributed by atoms with E-state index in [0.29, 0.717) is 0 Å². The fourth-order valence-electron chi connectivity index (χ4n) is 1.51. The molecule has 0 aliphatic heterocycles. The SMILES string of the molecule is c1ccc2c(NCc3cscn3)snc2c1. The Hall–Kier alpha value is -1.46. The third kappa shape index (κ3) is 1.79. The van der Waals surface area contributed by atoms with E-state index in [1.807, 2.05) is 23.7 Å². The summed E-state index contributed by atoms with van der Waals surface area (Å²) in [5, 5.41) is 7.72. The van der Waals surface area contributed by atoms with Gasteiger partial charge in [-0.2, -0.15) is 4.37 Å². The third-order valence-electron chi connectivity index (χ3n) is 2.30. The summed E-state index contributed by atoms with van der Waals surface area (Å²) in [7, 11) is 0. The summed E-state index contributed by atoms with van der Waals surface area (Å²) in [4.78, 5) is 4.24. The Morgan fingerprint density at radius 2 is 2.19 bits per heavy atom. The van der Waals surface area contributed by atoms with Crippen LogP contribution in [0.1, 0.15) is 5.69 Å². The average molecular weight is 247 g/mol. The molecule has 1 N–H and O–H groups in total. The second kappa shape index (κ2) is 4.19. The van der Waals surface area contributed by atoms with Crippen molar-refractivity contribution in [3.8, 4) is 0 Å². The van der Waals surface area contributed by atoms with Gasteiger partial charge in [0.05, 0.1) is 23.3 Å². The van der Waals surface area contributed by atoms with Crippen LogP contribution in [0.3, 0.4) is 0 Å². The number of hydrogen-bond acceptors (Lipinski definition) is 5. The maximum atomic E-state index is 4.38. The number of benzene rings is 1. The van der Waals surface area contributed by atoms with Crippen molar-refractivity contribution in [3.05, 3.63) is 40.8 Å². The number of anilines is 1. The summed E-state index contributed by atoms with van der Waals surface area (Å²) in [5.74, 6) is 0. The fraction of sp³-hybridized carbons (Fsp3) is 0.0909. The Labute approximate surface area is 101 Å². The first-order valence-corrected chi connectivity index (χ1v) is 6.60. The largest absolute Gasteiger partial charge is 0.369 e. The van der Waals surface area contributed by atoms with Gasteiger partial charge < -0.3 is 5.32 Å². The zero-order valence-corrected chi connectivity index (χ0v) is 10.0. The molecule has 3 rings (SSSR count). The van der Waals surface area contributed by atoms with E-state index in [0.717, 1.165) is 22.8 Å². The number of thiazole rings is 1. The van der Waals surface area contributed by atoms with E-state index in [4.69, 9.17) is 0 Å². The normalized spacial score (nSPS) is 10.8. The van der Waals surface area contributed by atoms with Gasteiger partial charge in [0.25, 0.3) is 0 Å². The van der Waals surface area contributed by atoms with Crippen LogP contribution in [-0.2, 0) is 6.54 Å². The number of rotatable bonds is 3. The molecule has 1 aromatic carbocycles. The van der Waals surface area contributed by atoms with E-state index in [1.165, 1.54) is 16.9 Å². The number of fused-ring (bicyclic) bond motifs is 1. The van der Waals surface area contributed by atoms with Crippen LogP contribution in [0.4, 0.5) is 5.00 Å². The molecule has 0 atom stereocenters. The van der Waals surface area contributed by atoms with Gasteiger partial charge in [0.1, 0.15) is 5.00 Å². The molecule has 0 bridgehead atoms. The zero-order chi connectivity index (χ0) is 10.8. The molecule has 0 saturated carbocycles. The molecular formula is C11H9N3S2. The van der Waals surface area contributed by atoms with Crippen molar-refractivity contribution >= 4 is 38.8 Å². The van der Waals surface area contributed by atoms with E-state index in [2.05, 4.69) is 26.1 Å². The Kier molecular flexibility index (Phi) is 2.55. The third-order valence-corrected chi connectivity index (χ3v) is 3.77. The molecule has 0 aliphatic carbocycles. The minimum absolute atomic E-state index is 0.760. The molecule has 16 heavy (non-hydrogen) atoms. The van der Waals surface area contributed by atoms with Crippen molar-refractivity contribution in [1.82, 2.24) is 9.36 Å². The second-order valence-electron chi connectivity index (χ2n) is 3.36. The summed E-state index contributed by atoms with van der Waals surface area (Å²) in [6.45, 7) is 0.760. The molecule has 2 aromatic heterocycles. The lowest BCUT2D eigenvalue weighted by atomic mass is 10.2. The lowest BCUT2D eigenvalue weighted by molar-refractivity contribution is 1.08. The van der Waals surface area contributed by atoms with Gasteiger partial charge in [0.15, 0.2) is 0 Å². The van der Waals surface area contributed by atoms with Crippen LogP contribution in [0.25, 0.3) is 10.9 Å². The number of hydrogen-bond donors (Lipinski definition) is 1. The molecule has 0 unspecified atom stereocenters. The van der Waals surface area contributed by atoms with Crippen LogP contribution in [0.15, 0.2) is 35.2 Å². The Morgan fingerprint density at radius 3 is 3.06 bits per heavy atom. The minimum atomic E-state index is 0.760. The second-order valence-corrected chi connectivity index (χ2v) is 4.85. The first-order chi connectivity index (χ1) is 7.93. The molecular weight excluding hydrogens is 238 g/mol. The molecule has 80 valence electrons. The predicted molar refractivity (Wildman–Crippen MR) is 69.1 cm³/mol. The highest BCUT2D eigenvalue weighted by atomic mass is 32.1. The maximum absolute atomic E-state index is 4.38. The standard InChI is InChI=1S/C11H9N3S2/c1-2-4-10-9(3-1)11(16-14-10)12-5-8-6-15-7-13-8/h1-4,6-7,12H,5H2. The monoisotopic (exact) mass is 247 g/mol. The number of nitrogens with one attached hydrogen (secondary N) is 1. The summed E-state index contributed by atoms with van der Waals surface area (Å²) in [6, 6.07) is 8.15. The highest BCUT2D eigenvalue weighted by molar-refractivity contribution is 7.11. The van der Waals surface area contributed by atoms with E-state index in [-0.39, 0.29) is 0 Å². The van der Waals surface area contributed by atoms with Gasteiger partial charge in [-0.1, -0.05) is 12.1 Å². The van der Waals surface area contributed by atoms with E-state index in [9.17, 15) is 0 Å². The van der Waals surface area contributed by atoms with Crippen LogP contribution in [0.5, 0.6) is 0 Å². The molecule has 0 saturated heterocycles. The molecule has 0 spiro atoms. The van der Waals surface area contributed by atoms with Crippen LogP contribution in [0, 0.1) is 0 Å². The van der Waals surface area contributed by atoms with Gasteiger partial charge in [0.2, 0.25) is 0 Å². The predicted octanol–water partition coefficient (Wildman–Crippen LogP) is 3.36. The lowest BCUT2D eigenvalue weighted by Crippen LogP contribution is -1.97. The van der Waals surface area contributed by atoms with Gasteiger partial charge in [-0.25, -0.2) is 4.98 Å². The molecule has 0 amide bonds. The number of aromatic nitrogens is 2. The van der Waals surface area contributed by atoms with Crippen LogP contribution >= 0.6 is 22.9 Å². The molecule has 0 aliphatic rings. The van der Waals surface area contributed by atoms with E-state index >= 15 is 0 Å². The molecule has 3 nitrogen and oxygen atoms in total. The lowest BCUT2D eigenvalue weighted by Gasteiger charge is -2.00. The summed E-state index contributed by atoms with van der Waals surface area (Å²) in [5.41, 5.74) is 3.97. The van der Waals surface area contributed by atoms with Gasteiger partial charge in [-0.05, 0) is 23.7 Å². The first kappa shape index (κ1) is 9.74. The summed E-state index contributed by atoms with van der Waals surface area (Å²) >= 11 is 3.12. The van der Waals surface area contributed by atoms with Crippen LogP contribution in [-0.4, -0.2) is 9.36 Å². The zero-order valence-electron chi connectivity index (χ0n) is 8.38. The highest BCUT2D eigenvalue weighted by Crippen LogP contribution is 2.27. The van der Waals surface area contributed by atoms with Crippen molar-refractivity contribution < 1.29 is 0 Å². The Morgan fingerprint density at radius 1 is 1.25 bits per heavy atom. The fourth-order valence-corrected chi connectivity index (χ4v) is 2.83. The molecule has 5 heteroatoms. The van der Waals surface area contributed by atoms with Crippen LogP contribution in [0.2, 0.25) is 0 Å². The Balaban J connectivity index is 1.84. The van der Waals surface area contributed by atoms with Crippen molar-refractivity contribution in [3.63, 3.8) is 0 Å². The smallest absolute Gasteiger partial charge is 0.117 e.